The molecular weight excluding hydrogens is 194 g/mol. The molecule has 13 heavy (non-hydrogen) atoms. The summed E-state index contributed by atoms with van der Waals surface area (Å²) in [4.78, 5) is 15.6. The maximum atomic E-state index is 10.6. The van der Waals surface area contributed by atoms with Gasteiger partial charge in [0.05, 0.1) is 15.7 Å². The van der Waals surface area contributed by atoms with Gasteiger partial charge in [-0.15, -0.1) is 5.06 Å². The lowest BCUT2D eigenvalue weighted by atomic mass is 10.9. The van der Waals surface area contributed by atoms with E-state index in [9.17, 15) is 4.79 Å². The molecule has 0 aliphatic rings. The van der Waals surface area contributed by atoms with E-state index in [1.807, 2.05) is 6.55 Å². The molecule has 1 amide bonds. The Kier molecular flexibility index (Phi) is 6.50. The molecular formula is C6H15NO5Si. The van der Waals surface area contributed by atoms with Crippen molar-refractivity contribution in [3.05, 3.63) is 0 Å². The van der Waals surface area contributed by atoms with Crippen LogP contribution in [0.25, 0.3) is 0 Å². The summed E-state index contributed by atoms with van der Waals surface area (Å²) in [7, 11) is 2.34. The van der Waals surface area contributed by atoms with Gasteiger partial charge in [0.1, 0.15) is 0 Å². The summed E-state index contributed by atoms with van der Waals surface area (Å²) in [5, 5.41) is 9.35. The van der Waals surface area contributed by atoms with Crippen LogP contribution in [0, 0.1) is 0 Å². The van der Waals surface area contributed by atoms with Gasteiger partial charge >= 0.3 is 6.09 Å². The molecule has 0 spiro atoms. The van der Waals surface area contributed by atoms with Crippen molar-refractivity contribution in [1.29, 1.82) is 0 Å². The van der Waals surface area contributed by atoms with Crippen LogP contribution in [0.5, 0.6) is 0 Å². The third-order valence-electron chi connectivity index (χ3n) is 1.22. The second-order valence-electron chi connectivity index (χ2n) is 2.22. The van der Waals surface area contributed by atoms with Crippen molar-refractivity contribution in [3.63, 3.8) is 0 Å². The average molecular weight is 209 g/mol. The SMILES string of the molecule is COC(OC)N(OC[SiH2]C)C(=O)O. The van der Waals surface area contributed by atoms with E-state index in [1.54, 1.807) is 0 Å². The summed E-state index contributed by atoms with van der Waals surface area (Å²) in [5.41, 5.74) is 0. The molecule has 0 rings (SSSR count). The van der Waals surface area contributed by atoms with E-state index in [4.69, 9.17) is 19.4 Å². The van der Waals surface area contributed by atoms with Crippen molar-refractivity contribution in [2.24, 2.45) is 0 Å². The highest BCUT2D eigenvalue weighted by molar-refractivity contribution is 6.33. The van der Waals surface area contributed by atoms with Crippen LogP contribution in [0.15, 0.2) is 0 Å². The lowest BCUT2D eigenvalue weighted by Gasteiger charge is -2.24. The van der Waals surface area contributed by atoms with Gasteiger partial charge in [-0.2, -0.15) is 0 Å². The van der Waals surface area contributed by atoms with Gasteiger partial charge in [-0.1, -0.05) is 6.55 Å². The van der Waals surface area contributed by atoms with Crippen LogP contribution in [-0.2, 0) is 14.3 Å². The highest BCUT2D eigenvalue weighted by Crippen LogP contribution is 2.02. The Balaban J connectivity index is 4.12. The highest BCUT2D eigenvalue weighted by Gasteiger charge is 2.23. The molecule has 78 valence electrons. The number of hydroxylamine groups is 2. The fraction of sp³-hybridized carbons (Fsp3) is 0.833. The summed E-state index contributed by atoms with van der Waals surface area (Å²) in [6.07, 6.45) is -1.79. The van der Waals surface area contributed by atoms with Crippen LogP contribution in [0.4, 0.5) is 4.79 Å². The topological polar surface area (TPSA) is 68.2 Å². The minimum absolute atomic E-state index is 0.346. The number of amides is 1. The summed E-state index contributed by atoms with van der Waals surface area (Å²) >= 11 is 0. The molecule has 0 atom stereocenters. The zero-order chi connectivity index (χ0) is 10.3. The predicted molar refractivity (Wildman–Crippen MR) is 48.0 cm³/mol. The van der Waals surface area contributed by atoms with Crippen LogP contribution >= 0.6 is 0 Å². The second-order valence-corrected chi connectivity index (χ2v) is 3.63. The van der Waals surface area contributed by atoms with Crippen molar-refractivity contribution < 1.29 is 24.2 Å². The number of carboxylic acid groups (broad SMARTS) is 1. The average Bonchev–Trinajstić information content (AvgIpc) is 2.11. The maximum absolute atomic E-state index is 10.6. The molecule has 0 fully saturated rings. The molecule has 0 aromatic heterocycles. The first-order chi connectivity index (χ1) is 6.17. The molecule has 0 aromatic rings. The quantitative estimate of drug-likeness (QED) is 0.368. The molecule has 0 saturated carbocycles. The Hall–Kier alpha value is -0.633. The van der Waals surface area contributed by atoms with E-state index in [1.165, 1.54) is 14.2 Å². The van der Waals surface area contributed by atoms with Gasteiger partial charge in [-0.05, 0) is 0 Å². The number of ether oxygens (including phenoxy) is 2. The molecule has 0 aliphatic carbocycles. The first-order valence-corrected chi connectivity index (χ1v) is 6.29. The van der Waals surface area contributed by atoms with Gasteiger partial charge in [0, 0.05) is 14.2 Å². The molecule has 7 heteroatoms. The number of rotatable bonds is 6. The molecule has 0 bridgehead atoms. The molecule has 0 heterocycles. The Bertz CT molecular complexity index is 152. The van der Waals surface area contributed by atoms with Crippen molar-refractivity contribution in [2.75, 3.05) is 20.4 Å². The molecule has 0 unspecified atom stereocenters. The molecule has 0 aromatic carbocycles. The molecule has 0 aliphatic heterocycles. The minimum atomic E-state index is -1.23. The third kappa shape index (κ3) is 4.22. The van der Waals surface area contributed by atoms with E-state index < -0.39 is 12.5 Å². The largest absolute Gasteiger partial charge is 0.463 e. The summed E-state index contributed by atoms with van der Waals surface area (Å²) in [6, 6.07) is 0. The van der Waals surface area contributed by atoms with Crippen LogP contribution in [-0.4, -0.2) is 52.6 Å². The van der Waals surface area contributed by atoms with Crippen LogP contribution in [0.1, 0.15) is 0 Å². The fourth-order valence-corrected chi connectivity index (χ4v) is 1.06. The lowest BCUT2D eigenvalue weighted by molar-refractivity contribution is -0.293. The number of carbonyl (C=O) groups is 1. The third-order valence-corrected chi connectivity index (χ3v) is 1.81. The fourth-order valence-electron chi connectivity index (χ4n) is 0.684. The van der Waals surface area contributed by atoms with Crippen molar-refractivity contribution in [2.45, 2.75) is 13.0 Å². The van der Waals surface area contributed by atoms with Gasteiger partial charge in [0.15, 0.2) is 0 Å². The first kappa shape index (κ1) is 12.4. The zero-order valence-corrected chi connectivity index (χ0v) is 9.43. The zero-order valence-electron chi connectivity index (χ0n) is 8.02. The summed E-state index contributed by atoms with van der Waals surface area (Å²) in [6.45, 7) is 2.01. The van der Waals surface area contributed by atoms with Gasteiger partial charge in [0.25, 0.3) is 6.41 Å². The van der Waals surface area contributed by atoms with Gasteiger partial charge in [0.2, 0.25) is 0 Å². The molecule has 0 radical (unpaired) electrons. The smallest absolute Gasteiger partial charge is 0.436 e. The maximum Gasteiger partial charge on any atom is 0.436 e. The second kappa shape index (κ2) is 6.84. The molecule has 0 saturated heterocycles. The van der Waals surface area contributed by atoms with E-state index in [-0.39, 0.29) is 9.52 Å². The van der Waals surface area contributed by atoms with Gasteiger partial charge in [-0.3, -0.25) is 4.84 Å². The van der Waals surface area contributed by atoms with Gasteiger partial charge < -0.3 is 14.6 Å². The number of nitrogens with zero attached hydrogens (tertiary/aromatic N) is 1. The number of methoxy groups -OCH3 is 2. The Morgan fingerprint density at radius 2 is 2.08 bits per heavy atom. The standard InChI is InChI=1S/C6H15NO5Si/c1-10-6(11-2)7(5(8)9)12-4-13-3/h6H,4,13H2,1-3H3,(H,8,9). The van der Waals surface area contributed by atoms with Crippen molar-refractivity contribution >= 4 is 15.6 Å². The van der Waals surface area contributed by atoms with E-state index in [0.29, 0.717) is 11.3 Å². The lowest BCUT2D eigenvalue weighted by Crippen LogP contribution is -2.42. The number of hydrogen-bond acceptors (Lipinski definition) is 4. The molecule has 1 N–H and O–H groups in total. The van der Waals surface area contributed by atoms with Gasteiger partial charge in [-0.25, -0.2) is 4.79 Å². The normalized spacial score (nSPS) is 11.4. The number of hydrogen-bond donors (Lipinski definition) is 1. The molecule has 6 nitrogen and oxygen atoms in total. The summed E-state index contributed by atoms with van der Waals surface area (Å²) < 4.78 is 9.47. The van der Waals surface area contributed by atoms with Crippen molar-refractivity contribution in [3.8, 4) is 0 Å². The van der Waals surface area contributed by atoms with E-state index in [0.717, 1.165) is 0 Å². The highest BCUT2D eigenvalue weighted by atomic mass is 28.2. The van der Waals surface area contributed by atoms with Crippen molar-refractivity contribution in [1.82, 2.24) is 5.06 Å². The Labute approximate surface area is 79.1 Å². The van der Waals surface area contributed by atoms with E-state index >= 15 is 0 Å². The minimum Gasteiger partial charge on any atom is -0.463 e. The van der Waals surface area contributed by atoms with Crippen LogP contribution in [0.2, 0.25) is 6.55 Å². The Morgan fingerprint density at radius 3 is 2.38 bits per heavy atom. The van der Waals surface area contributed by atoms with Crippen LogP contribution in [0.3, 0.4) is 0 Å². The Morgan fingerprint density at radius 1 is 1.54 bits per heavy atom. The monoisotopic (exact) mass is 209 g/mol. The van der Waals surface area contributed by atoms with Crippen LogP contribution < -0.4 is 0 Å². The predicted octanol–water partition coefficient (Wildman–Crippen LogP) is -0.351. The summed E-state index contributed by atoms with van der Waals surface area (Å²) in [5.74, 6) is 0. The van der Waals surface area contributed by atoms with E-state index in [2.05, 4.69) is 0 Å². The first-order valence-electron chi connectivity index (χ1n) is 3.88.